The van der Waals surface area contributed by atoms with Crippen LogP contribution < -0.4 is 20.9 Å². The molecule has 0 aliphatic rings. The maximum Gasteiger partial charge on any atom is 0.276 e. The highest BCUT2D eigenvalue weighted by Gasteiger charge is 2.15. The molecule has 0 saturated heterocycles. The monoisotopic (exact) mass is 414 g/mol. The van der Waals surface area contributed by atoms with Crippen molar-refractivity contribution in [3.63, 3.8) is 0 Å². The summed E-state index contributed by atoms with van der Waals surface area (Å²) in [4.78, 5) is 37.1. The fourth-order valence-corrected chi connectivity index (χ4v) is 3.13. The normalized spacial score (nSPS) is 10.5. The van der Waals surface area contributed by atoms with Crippen LogP contribution in [0.2, 0.25) is 0 Å². The smallest absolute Gasteiger partial charge is 0.276 e. The van der Waals surface area contributed by atoms with E-state index >= 15 is 0 Å². The molecule has 4 rings (SSSR count). The van der Waals surface area contributed by atoms with E-state index in [2.05, 4.69) is 20.8 Å². The third-order valence-corrected chi connectivity index (χ3v) is 4.67. The fraction of sp³-hybridized carbons (Fsp3) is 0.0435. The van der Waals surface area contributed by atoms with Gasteiger partial charge in [-0.05, 0) is 42.5 Å². The summed E-state index contributed by atoms with van der Waals surface area (Å²) in [5.41, 5.74) is 1.20. The molecule has 0 unspecified atom stereocenters. The molecule has 154 valence electrons. The van der Waals surface area contributed by atoms with Gasteiger partial charge in [-0.1, -0.05) is 30.3 Å². The Labute approximate surface area is 176 Å². The molecule has 0 radical (unpaired) electrons. The van der Waals surface area contributed by atoms with Gasteiger partial charge < -0.3 is 15.4 Å². The topological polar surface area (TPSA) is 113 Å². The van der Waals surface area contributed by atoms with E-state index in [9.17, 15) is 14.4 Å². The Morgan fingerprint density at radius 1 is 0.839 bits per heavy atom. The van der Waals surface area contributed by atoms with Gasteiger partial charge in [0.2, 0.25) is 0 Å². The highest BCUT2D eigenvalue weighted by molar-refractivity contribution is 6.11. The number of anilines is 2. The first-order valence-electron chi connectivity index (χ1n) is 9.40. The minimum atomic E-state index is -0.473. The Morgan fingerprint density at radius 2 is 1.52 bits per heavy atom. The van der Waals surface area contributed by atoms with Crippen LogP contribution in [0.1, 0.15) is 20.8 Å². The Morgan fingerprint density at radius 3 is 2.26 bits per heavy atom. The van der Waals surface area contributed by atoms with E-state index in [1.54, 1.807) is 66.7 Å². The molecular formula is C23H18N4O4. The second-order valence-electron chi connectivity index (χ2n) is 6.63. The summed E-state index contributed by atoms with van der Waals surface area (Å²) in [6.45, 7) is 0. The molecular weight excluding hydrogens is 396 g/mol. The number of aromatic amines is 1. The molecule has 0 spiro atoms. The molecule has 0 aliphatic heterocycles. The zero-order valence-electron chi connectivity index (χ0n) is 16.5. The van der Waals surface area contributed by atoms with Crippen molar-refractivity contribution in [3.8, 4) is 5.75 Å². The van der Waals surface area contributed by atoms with Crippen molar-refractivity contribution in [1.82, 2.24) is 10.2 Å². The largest absolute Gasteiger partial charge is 0.495 e. The Hall–Kier alpha value is -4.46. The molecule has 4 aromatic rings. The Kier molecular flexibility index (Phi) is 5.44. The van der Waals surface area contributed by atoms with Gasteiger partial charge in [-0.2, -0.15) is 5.10 Å². The van der Waals surface area contributed by atoms with Gasteiger partial charge in [-0.3, -0.25) is 14.4 Å². The minimum Gasteiger partial charge on any atom is -0.495 e. The summed E-state index contributed by atoms with van der Waals surface area (Å²) in [6, 6.07) is 20.3. The lowest BCUT2D eigenvalue weighted by Crippen LogP contribution is -2.19. The number of benzene rings is 3. The molecule has 1 heterocycles. The van der Waals surface area contributed by atoms with Crippen LogP contribution >= 0.6 is 0 Å². The van der Waals surface area contributed by atoms with Crippen molar-refractivity contribution < 1.29 is 14.3 Å². The summed E-state index contributed by atoms with van der Waals surface area (Å²) >= 11 is 0. The molecule has 0 atom stereocenters. The van der Waals surface area contributed by atoms with Gasteiger partial charge >= 0.3 is 0 Å². The lowest BCUT2D eigenvalue weighted by Gasteiger charge is -2.10. The summed E-state index contributed by atoms with van der Waals surface area (Å²) in [5, 5.41) is 12.6. The van der Waals surface area contributed by atoms with Crippen molar-refractivity contribution in [2.24, 2.45) is 0 Å². The highest BCUT2D eigenvalue weighted by Crippen LogP contribution is 2.24. The van der Waals surface area contributed by atoms with Crippen molar-refractivity contribution in [2.75, 3.05) is 17.7 Å². The second kappa shape index (κ2) is 8.50. The zero-order valence-corrected chi connectivity index (χ0v) is 16.5. The van der Waals surface area contributed by atoms with Gasteiger partial charge in [-0.15, -0.1) is 0 Å². The Bertz CT molecular complexity index is 1330. The van der Waals surface area contributed by atoms with Crippen molar-refractivity contribution in [2.45, 2.75) is 0 Å². The molecule has 0 bridgehead atoms. The summed E-state index contributed by atoms with van der Waals surface area (Å²) in [6.07, 6.45) is 0. The number of para-hydroxylation sites is 2. The summed E-state index contributed by atoms with van der Waals surface area (Å²) in [5.74, 6) is -0.227. The fourth-order valence-electron chi connectivity index (χ4n) is 3.13. The molecule has 8 heteroatoms. The number of carbonyl (C=O) groups is 2. The van der Waals surface area contributed by atoms with Gasteiger partial charge in [0.1, 0.15) is 5.75 Å². The van der Waals surface area contributed by atoms with Crippen LogP contribution in [-0.4, -0.2) is 29.1 Å². The number of amides is 2. The van der Waals surface area contributed by atoms with E-state index in [0.29, 0.717) is 33.5 Å². The van der Waals surface area contributed by atoms with Gasteiger partial charge in [0.25, 0.3) is 17.4 Å². The van der Waals surface area contributed by atoms with Crippen LogP contribution in [0.4, 0.5) is 11.4 Å². The van der Waals surface area contributed by atoms with Gasteiger partial charge in [0.15, 0.2) is 5.69 Å². The van der Waals surface area contributed by atoms with E-state index < -0.39 is 5.91 Å². The number of H-pyrrole nitrogens is 1. The van der Waals surface area contributed by atoms with Crippen LogP contribution in [0, 0.1) is 0 Å². The second-order valence-corrected chi connectivity index (χ2v) is 6.63. The van der Waals surface area contributed by atoms with Gasteiger partial charge in [-0.25, -0.2) is 5.10 Å². The number of rotatable bonds is 5. The van der Waals surface area contributed by atoms with E-state index in [-0.39, 0.29) is 17.2 Å². The molecule has 0 saturated carbocycles. The van der Waals surface area contributed by atoms with E-state index in [1.807, 2.05) is 6.07 Å². The SMILES string of the molecule is COc1ccccc1NC(=O)c1ccc(NC(=O)c2n[nH]c(=O)c3ccccc23)cc1. The quantitative estimate of drug-likeness (QED) is 0.463. The molecule has 2 amide bonds. The standard InChI is InChI=1S/C23H18N4O4/c1-31-19-9-5-4-8-18(19)25-21(28)14-10-12-15(13-11-14)24-23(30)20-16-6-2-3-7-17(16)22(29)27-26-20/h2-13H,1H3,(H,24,30)(H,25,28)(H,27,29). The predicted molar refractivity (Wildman–Crippen MR) is 118 cm³/mol. The molecule has 1 aromatic heterocycles. The van der Waals surface area contributed by atoms with Crippen molar-refractivity contribution in [1.29, 1.82) is 0 Å². The molecule has 0 aliphatic carbocycles. The highest BCUT2D eigenvalue weighted by atomic mass is 16.5. The van der Waals surface area contributed by atoms with Gasteiger partial charge in [0.05, 0.1) is 18.2 Å². The number of ether oxygens (including phenoxy) is 1. The number of aromatic nitrogens is 2. The first-order chi connectivity index (χ1) is 15.1. The maximum absolute atomic E-state index is 12.7. The molecule has 0 fully saturated rings. The maximum atomic E-state index is 12.7. The first kappa shape index (κ1) is 19.8. The van der Waals surface area contributed by atoms with Crippen molar-refractivity contribution in [3.05, 3.63) is 94.4 Å². The number of hydrogen-bond acceptors (Lipinski definition) is 5. The van der Waals surface area contributed by atoms with Crippen LogP contribution in [0.5, 0.6) is 5.75 Å². The zero-order chi connectivity index (χ0) is 21.8. The van der Waals surface area contributed by atoms with Gasteiger partial charge in [0, 0.05) is 16.6 Å². The minimum absolute atomic E-state index is 0.105. The summed E-state index contributed by atoms with van der Waals surface area (Å²) < 4.78 is 5.23. The van der Waals surface area contributed by atoms with Crippen LogP contribution in [0.15, 0.2) is 77.6 Å². The molecule has 3 aromatic carbocycles. The lowest BCUT2D eigenvalue weighted by molar-refractivity contribution is 0.101. The molecule has 3 N–H and O–H groups in total. The number of carbonyl (C=O) groups excluding carboxylic acids is 2. The number of hydrogen-bond donors (Lipinski definition) is 3. The number of fused-ring (bicyclic) bond motifs is 1. The predicted octanol–water partition coefficient (Wildman–Crippen LogP) is 3.44. The van der Waals surface area contributed by atoms with E-state index in [0.717, 1.165) is 0 Å². The third kappa shape index (κ3) is 4.13. The average Bonchev–Trinajstić information content (AvgIpc) is 2.80. The lowest BCUT2D eigenvalue weighted by atomic mass is 10.1. The average molecular weight is 414 g/mol. The first-order valence-corrected chi connectivity index (χ1v) is 9.40. The Balaban J connectivity index is 1.50. The van der Waals surface area contributed by atoms with Crippen molar-refractivity contribution >= 4 is 34.0 Å². The third-order valence-electron chi connectivity index (χ3n) is 4.67. The van der Waals surface area contributed by atoms with Crippen LogP contribution in [0.25, 0.3) is 10.8 Å². The summed E-state index contributed by atoms with van der Waals surface area (Å²) in [7, 11) is 1.53. The van der Waals surface area contributed by atoms with E-state index in [4.69, 9.17) is 4.74 Å². The number of methoxy groups -OCH3 is 1. The number of nitrogens with one attached hydrogen (secondary N) is 3. The number of nitrogens with zero attached hydrogens (tertiary/aromatic N) is 1. The molecule has 31 heavy (non-hydrogen) atoms. The van der Waals surface area contributed by atoms with E-state index in [1.165, 1.54) is 7.11 Å². The van der Waals surface area contributed by atoms with Crippen LogP contribution in [0.3, 0.4) is 0 Å². The van der Waals surface area contributed by atoms with Crippen LogP contribution in [-0.2, 0) is 0 Å². The molecule has 8 nitrogen and oxygen atoms in total.